The molecule has 0 heterocycles. The molecule has 0 unspecified atom stereocenters. The van der Waals surface area contributed by atoms with E-state index in [-0.39, 0.29) is 11.7 Å². The van der Waals surface area contributed by atoms with Gasteiger partial charge in [0.1, 0.15) is 12.1 Å². The largest absolute Gasteiger partial charge is 0.303 e. The molecule has 0 aromatic rings. The van der Waals surface area contributed by atoms with E-state index < -0.39 is 0 Å². The molecule has 2 nitrogen and oxygen atoms in total. The molecule has 50 valence electrons. The molecule has 0 bridgehead atoms. The third-order valence-electron chi connectivity index (χ3n) is 1.77. The van der Waals surface area contributed by atoms with Crippen molar-refractivity contribution in [3.63, 3.8) is 0 Å². The summed E-state index contributed by atoms with van der Waals surface area (Å²) in [6.07, 6.45) is 4.19. The van der Waals surface area contributed by atoms with Crippen molar-refractivity contribution in [2.24, 2.45) is 5.92 Å². The van der Waals surface area contributed by atoms with Gasteiger partial charge < -0.3 is 4.79 Å². The Morgan fingerprint density at radius 2 is 2.22 bits per heavy atom. The molecule has 1 fully saturated rings. The molecule has 0 spiro atoms. The molecule has 1 saturated carbocycles. The second-order valence-electron chi connectivity index (χ2n) is 2.45. The Bertz CT molecular complexity index is 129. The molecule has 9 heavy (non-hydrogen) atoms. The summed E-state index contributed by atoms with van der Waals surface area (Å²) in [6, 6.07) is 0. The molecular weight excluding hydrogens is 116 g/mol. The Morgan fingerprint density at radius 3 is 2.67 bits per heavy atom. The molecule has 1 aliphatic carbocycles. The summed E-state index contributed by atoms with van der Waals surface area (Å²) in [6.45, 7) is 0. The maximum absolute atomic E-state index is 10.8. The minimum absolute atomic E-state index is 0.135. The fourth-order valence-electron chi connectivity index (χ4n) is 1.15. The fourth-order valence-corrected chi connectivity index (χ4v) is 1.15. The zero-order valence-electron chi connectivity index (χ0n) is 5.30. The van der Waals surface area contributed by atoms with Crippen LogP contribution in [0.3, 0.4) is 0 Å². The lowest BCUT2D eigenvalue weighted by Crippen LogP contribution is -2.19. The van der Waals surface area contributed by atoms with Gasteiger partial charge in [0.25, 0.3) is 0 Å². The number of rotatable bonds is 1. The quantitative estimate of drug-likeness (QED) is 0.387. The second kappa shape index (κ2) is 2.76. The molecule has 1 atom stereocenters. The van der Waals surface area contributed by atoms with Crippen LogP contribution in [-0.2, 0) is 9.59 Å². The van der Waals surface area contributed by atoms with E-state index in [1.807, 2.05) is 0 Å². The van der Waals surface area contributed by atoms with Gasteiger partial charge in [0.15, 0.2) is 0 Å². The second-order valence-corrected chi connectivity index (χ2v) is 2.45. The highest BCUT2D eigenvalue weighted by Gasteiger charge is 2.20. The molecule has 0 aromatic carbocycles. The number of ketones is 1. The number of hydrogen-bond acceptors (Lipinski definition) is 2. The van der Waals surface area contributed by atoms with E-state index in [1.165, 1.54) is 0 Å². The van der Waals surface area contributed by atoms with Gasteiger partial charge in [-0.05, 0) is 12.8 Å². The fraction of sp³-hybridized carbons (Fsp3) is 0.714. The average Bonchev–Trinajstić information content (AvgIpc) is 1.89. The number of carbonyl (C=O) groups excluding carboxylic acids is 2. The summed E-state index contributed by atoms with van der Waals surface area (Å²) in [5.74, 6) is -0.130. The first kappa shape index (κ1) is 6.46. The highest BCUT2D eigenvalue weighted by atomic mass is 16.1. The van der Waals surface area contributed by atoms with Gasteiger partial charge in [-0.3, -0.25) is 4.79 Å². The maximum Gasteiger partial charge on any atom is 0.143 e. The van der Waals surface area contributed by atoms with Gasteiger partial charge in [0.2, 0.25) is 0 Å². The topological polar surface area (TPSA) is 34.1 Å². The summed E-state index contributed by atoms with van der Waals surface area (Å²) >= 11 is 0. The lowest BCUT2D eigenvalue weighted by atomic mass is 9.89. The van der Waals surface area contributed by atoms with Crippen LogP contribution in [0.25, 0.3) is 0 Å². The molecule has 0 radical (unpaired) electrons. The van der Waals surface area contributed by atoms with E-state index in [0.29, 0.717) is 6.42 Å². The third kappa shape index (κ3) is 1.37. The van der Waals surface area contributed by atoms with E-state index in [1.54, 1.807) is 0 Å². The SMILES string of the molecule is O=C[C@H]1CCCCC1=O. The molecule has 0 aromatic heterocycles. The van der Waals surface area contributed by atoms with Gasteiger partial charge in [-0.15, -0.1) is 0 Å². The Labute approximate surface area is 54.2 Å². The van der Waals surface area contributed by atoms with Crippen molar-refractivity contribution in [2.45, 2.75) is 25.7 Å². The van der Waals surface area contributed by atoms with Crippen molar-refractivity contribution >= 4 is 12.1 Å². The van der Waals surface area contributed by atoms with Crippen LogP contribution in [0.15, 0.2) is 0 Å². The van der Waals surface area contributed by atoms with Crippen molar-refractivity contribution in [3.8, 4) is 0 Å². The first-order chi connectivity index (χ1) is 4.34. The molecule has 2 heteroatoms. The molecule has 1 rings (SSSR count). The van der Waals surface area contributed by atoms with E-state index in [4.69, 9.17) is 0 Å². The highest BCUT2D eigenvalue weighted by Crippen LogP contribution is 2.17. The van der Waals surface area contributed by atoms with Gasteiger partial charge in [-0.25, -0.2) is 0 Å². The van der Waals surface area contributed by atoms with Crippen LogP contribution in [0.4, 0.5) is 0 Å². The minimum atomic E-state index is -0.265. The zero-order chi connectivity index (χ0) is 6.69. The lowest BCUT2D eigenvalue weighted by Gasteiger charge is -2.13. The molecule has 0 amide bonds. The van der Waals surface area contributed by atoms with Crippen molar-refractivity contribution in [1.29, 1.82) is 0 Å². The number of Topliss-reactive ketones (excluding diaryl/α,β-unsaturated/α-hetero) is 1. The van der Waals surface area contributed by atoms with Crippen LogP contribution < -0.4 is 0 Å². The average molecular weight is 126 g/mol. The van der Waals surface area contributed by atoms with E-state index in [2.05, 4.69) is 0 Å². The predicted molar refractivity (Wildman–Crippen MR) is 33.0 cm³/mol. The lowest BCUT2D eigenvalue weighted by molar-refractivity contribution is -0.128. The van der Waals surface area contributed by atoms with E-state index >= 15 is 0 Å². The van der Waals surface area contributed by atoms with Crippen LogP contribution >= 0.6 is 0 Å². The standard InChI is InChI=1S/C7H10O2/c8-5-6-3-1-2-4-7(6)9/h5-6H,1-4H2/t6-/m1/s1. The number of hydrogen-bond donors (Lipinski definition) is 0. The van der Waals surface area contributed by atoms with Crippen LogP contribution in [0.2, 0.25) is 0 Å². The Balaban J connectivity index is 2.48. The first-order valence-corrected chi connectivity index (χ1v) is 3.32. The van der Waals surface area contributed by atoms with E-state index in [9.17, 15) is 9.59 Å². The van der Waals surface area contributed by atoms with Gasteiger partial charge >= 0.3 is 0 Å². The van der Waals surface area contributed by atoms with Crippen molar-refractivity contribution < 1.29 is 9.59 Å². The van der Waals surface area contributed by atoms with Crippen LogP contribution in [0, 0.1) is 5.92 Å². The van der Waals surface area contributed by atoms with Crippen molar-refractivity contribution in [1.82, 2.24) is 0 Å². The molecule has 0 N–H and O–H groups in total. The number of aldehydes is 1. The molecule has 0 aliphatic heterocycles. The third-order valence-corrected chi connectivity index (χ3v) is 1.77. The smallest absolute Gasteiger partial charge is 0.143 e. The van der Waals surface area contributed by atoms with Crippen LogP contribution in [-0.4, -0.2) is 12.1 Å². The molecular formula is C7H10O2. The summed E-state index contributed by atoms with van der Waals surface area (Å²) in [7, 11) is 0. The van der Waals surface area contributed by atoms with E-state index in [0.717, 1.165) is 25.5 Å². The monoisotopic (exact) mass is 126 g/mol. The Hall–Kier alpha value is -0.660. The minimum Gasteiger partial charge on any atom is -0.303 e. The van der Waals surface area contributed by atoms with Crippen molar-refractivity contribution in [2.75, 3.05) is 0 Å². The Morgan fingerprint density at radius 1 is 1.44 bits per heavy atom. The molecule has 0 saturated heterocycles. The summed E-state index contributed by atoms with van der Waals surface area (Å²) in [5.41, 5.74) is 0. The predicted octanol–water partition coefficient (Wildman–Crippen LogP) is 0.945. The van der Waals surface area contributed by atoms with Gasteiger partial charge in [0, 0.05) is 6.42 Å². The highest BCUT2D eigenvalue weighted by molar-refractivity contribution is 5.93. The van der Waals surface area contributed by atoms with Gasteiger partial charge in [0.05, 0.1) is 5.92 Å². The first-order valence-electron chi connectivity index (χ1n) is 3.32. The van der Waals surface area contributed by atoms with Gasteiger partial charge in [-0.2, -0.15) is 0 Å². The number of carbonyl (C=O) groups is 2. The summed E-state index contributed by atoms with van der Waals surface area (Å²) in [5, 5.41) is 0. The Kier molecular flexibility index (Phi) is 1.98. The maximum atomic E-state index is 10.8. The van der Waals surface area contributed by atoms with Gasteiger partial charge in [-0.1, -0.05) is 6.42 Å². The summed E-state index contributed by atoms with van der Waals surface area (Å²) < 4.78 is 0. The normalized spacial score (nSPS) is 28.0. The van der Waals surface area contributed by atoms with Crippen molar-refractivity contribution in [3.05, 3.63) is 0 Å². The molecule has 1 aliphatic rings. The summed E-state index contributed by atoms with van der Waals surface area (Å²) in [4.78, 5) is 20.9. The zero-order valence-corrected chi connectivity index (χ0v) is 5.30. The van der Waals surface area contributed by atoms with Crippen LogP contribution in [0.5, 0.6) is 0 Å². The van der Waals surface area contributed by atoms with Crippen LogP contribution in [0.1, 0.15) is 25.7 Å².